The molecule has 90 valence electrons. The summed E-state index contributed by atoms with van der Waals surface area (Å²) in [6.45, 7) is 2.13. The maximum atomic E-state index is 4.49. The predicted molar refractivity (Wildman–Crippen MR) is 71.7 cm³/mol. The van der Waals surface area contributed by atoms with Crippen molar-refractivity contribution in [3.8, 4) is 0 Å². The number of hydrogen-bond acceptors (Lipinski definition) is 5. The summed E-state index contributed by atoms with van der Waals surface area (Å²) in [7, 11) is 2.01. The highest BCUT2D eigenvalue weighted by molar-refractivity contribution is 7.17. The zero-order chi connectivity index (χ0) is 11.7. The lowest BCUT2D eigenvalue weighted by atomic mass is 10.2. The summed E-state index contributed by atoms with van der Waals surface area (Å²) in [5.74, 6) is 1.11. The molecule has 1 unspecified atom stereocenters. The van der Waals surface area contributed by atoms with Gasteiger partial charge < -0.3 is 10.2 Å². The van der Waals surface area contributed by atoms with Gasteiger partial charge in [-0.05, 0) is 31.3 Å². The van der Waals surface area contributed by atoms with Gasteiger partial charge in [-0.15, -0.1) is 11.3 Å². The number of anilines is 1. The maximum absolute atomic E-state index is 4.49. The van der Waals surface area contributed by atoms with Crippen molar-refractivity contribution < 1.29 is 0 Å². The lowest BCUT2D eigenvalue weighted by Gasteiger charge is -2.25. The average Bonchev–Trinajstić information content (AvgIpc) is 2.96. The van der Waals surface area contributed by atoms with E-state index in [2.05, 4.69) is 31.6 Å². The highest BCUT2D eigenvalue weighted by Crippen LogP contribution is 2.32. The van der Waals surface area contributed by atoms with Gasteiger partial charge in [-0.2, -0.15) is 0 Å². The Morgan fingerprint density at radius 3 is 3.35 bits per heavy atom. The van der Waals surface area contributed by atoms with Gasteiger partial charge in [0.2, 0.25) is 0 Å². The molecule has 0 aliphatic carbocycles. The number of fused-ring (bicyclic) bond motifs is 1. The zero-order valence-electron chi connectivity index (χ0n) is 9.89. The minimum atomic E-state index is 0.570. The Morgan fingerprint density at radius 2 is 2.47 bits per heavy atom. The average molecular weight is 248 g/mol. The molecule has 17 heavy (non-hydrogen) atoms. The second kappa shape index (κ2) is 4.58. The van der Waals surface area contributed by atoms with Gasteiger partial charge in [0.15, 0.2) is 0 Å². The van der Waals surface area contributed by atoms with E-state index in [1.165, 1.54) is 17.5 Å². The van der Waals surface area contributed by atoms with Gasteiger partial charge in [-0.25, -0.2) is 9.97 Å². The first kappa shape index (κ1) is 10.9. The van der Waals surface area contributed by atoms with Crippen LogP contribution in [0.5, 0.6) is 0 Å². The smallest absolute Gasteiger partial charge is 0.150 e. The number of likely N-dealkylation sites (N-methyl/N-ethyl adjacent to an activating group) is 1. The van der Waals surface area contributed by atoms with Crippen molar-refractivity contribution in [3.63, 3.8) is 0 Å². The van der Waals surface area contributed by atoms with E-state index >= 15 is 0 Å². The minimum absolute atomic E-state index is 0.570. The molecule has 0 bridgehead atoms. The predicted octanol–water partition coefficient (Wildman–Crippen LogP) is 1.88. The number of aromatic nitrogens is 2. The molecule has 1 fully saturated rings. The number of thiophene rings is 1. The summed E-state index contributed by atoms with van der Waals surface area (Å²) >= 11 is 1.73. The van der Waals surface area contributed by atoms with Crippen molar-refractivity contribution in [2.24, 2.45) is 0 Å². The highest BCUT2D eigenvalue weighted by Gasteiger charge is 2.26. The molecule has 2 aromatic heterocycles. The Labute approximate surface area is 105 Å². The monoisotopic (exact) mass is 248 g/mol. The Balaban J connectivity index is 1.99. The van der Waals surface area contributed by atoms with Gasteiger partial charge in [0.1, 0.15) is 12.1 Å². The van der Waals surface area contributed by atoms with E-state index in [0.29, 0.717) is 6.04 Å². The van der Waals surface area contributed by atoms with Gasteiger partial charge in [0, 0.05) is 19.1 Å². The van der Waals surface area contributed by atoms with Crippen molar-refractivity contribution >= 4 is 27.4 Å². The van der Waals surface area contributed by atoms with Crippen LogP contribution in [0.4, 0.5) is 5.82 Å². The van der Waals surface area contributed by atoms with Gasteiger partial charge in [0.05, 0.1) is 10.2 Å². The topological polar surface area (TPSA) is 41.0 Å². The molecular weight excluding hydrogens is 232 g/mol. The summed E-state index contributed by atoms with van der Waals surface area (Å²) in [5, 5.41) is 5.36. The molecule has 1 N–H and O–H groups in total. The fourth-order valence-electron chi connectivity index (χ4n) is 2.54. The fraction of sp³-hybridized carbons (Fsp3) is 0.500. The maximum Gasteiger partial charge on any atom is 0.150 e. The first-order valence-electron chi connectivity index (χ1n) is 5.99. The summed E-state index contributed by atoms with van der Waals surface area (Å²) in [6.07, 6.45) is 4.18. The normalized spacial score (nSPS) is 20.3. The highest BCUT2D eigenvalue weighted by atomic mass is 32.1. The van der Waals surface area contributed by atoms with E-state index in [1.54, 1.807) is 17.7 Å². The molecule has 0 spiro atoms. The molecule has 0 amide bonds. The Bertz CT molecular complexity index is 510. The SMILES string of the molecule is CNCC1CCCN1c1ncnc2ccsc12. The van der Waals surface area contributed by atoms with Crippen LogP contribution in [0.1, 0.15) is 12.8 Å². The van der Waals surface area contributed by atoms with Crippen molar-refractivity contribution in [3.05, 3.63) is 17.8 Å². The van der Waals surface area contributed by atoms with Gasteiger partial charge >= 0.3 is 0 Å². The quantitative estimate of drug-likeness (QED) is 0.900. The fourth-order valence-corrected chi connectivity index (χ4v) is 3.39. The van der Waals surface area contributed by atoms with E-state index in [0.717, 1.165) is 24.4 Å². The summed E-state index contributed by atoms with van der Waals surface area (Å²) < 4.78 is 1.22. The van der Waals surface area contributed by atoms with Crippen LogP contribution < -0.4 is 10.2 Å². The van der Waals surface area contributed by atoms with Crippen molar-refractivity contribution in [1.29, 1.82) is 0 Å². The number of rotatable bonds is 3. The van der Waals surface area contributed by atoms with Gasteiger partial charge in [-0.1, -0.05) is 0 Å². The van der Waals surface area contributed by atoms with Crippen molar-refractivity contribution in [2.75, 3.05) is 25.0 Å². The zero-order valence-corrected chi connectivity index (χ0v) is 10.7. The third-order valence-corrected chi connectivity index (χ3v) is 4.21. The first-order chi connectivity index (χ1) is 8.40. The van der Waals surface area contributed by atoms with Crippen LogP contribution in [0.15, 0.2) is 17.8 Å². The molecule has 1 saturated heterocycles. The Morgan fingerprint density at radius 1 is 1.53 bits per heavy atom. The molecule has 3 heterocycles. The van der Waals surface area contributed by atoms with Crippen LogP contribution >= 0.6 is 11.3 Å². The molecule has 3 rings (SSSR count). The van der Waals surface area contributed by atoms with E-state index in [-0.39, 0.29) is 0 Å². The third kappa shape index (κ3) is 1.89. The molecule has 4 nitrogen and oxygen atoms in total. The number of nitrogens with one attached hydrogen (secondary N) is 1. The molecule has 1 atom stereocenters. The van der Waals surface area contributed by atoms with E-state index in [1.807, 2.05) is 7.05 Å². The molecule has 1 aliphatic rings. The molecule has 2 aromatic rings. The number of hydrogen-bond donors (Lipinski definition) is 1. The lowest BCUT2D eigenvalue weighted by Crippen LogP contribution is -2.37. The van der Waals surface area contributed by atoms with Crippen LogP contribution in [0.3, 0.4) is 0 Å². The molecule has 1 aliphatic heterocycles. The summed E-state index contributed by atoms with van der Waals surface area (Å²) in [5.41, 5.74) is 1.06. The van der Waals surface area contributed by atoms with Crippen LogP contribution in [0, 0.1) is 0 Å². The standard InChI is InChI=1S/C12H16N4S/c1-13-7-9-3-2-5-16(9)12-11-10(4-6-17-11)14-8-15-12/h4,6,8-9,13H,2-3,5,7H2,1H3. The molecular formula is C12H16N4S. The Hall–Kier alpha value is -1.20. The van der Waals surface area contributed by atoms with Gasteiger partial charge in [0.25, 0.3) is 0 Å². The van der Waals surface area contributed by atoms with Crippen LogP contribution in [-0.4, -0.2) is 36.1 Å². The second-order valence-electron chi connectivity index (χ2n) is 4.38. The molecule has 0 radical (unpaired) electrons. The largest absolute Gasteiger partial charge is 0.351 e. The summed E-state index contributed by atoms with van der Waals surface area (Å²) in [6, 6.07) is 2.63. The molecule has 0 aromatic carbocycles. The van der Waals surface area contributed by atoms with E-state index < -0.39 is 0 Å². The Kier molecular flexibility index (Phi) is 2.94. The lowest BCUT2D eigenvalue weighted by molar-refractivity contribution is 0.613. The van der Waals surface area contributed by atoms with Crippen LogP contribution in [-0.2, 0) is 0 Å². The van der Waals surface area contributed by atoms with E-state index in [4.69, 9.17) is 0 Å². The van der Waals surface area contributed by atoms with Crippen LogP contribution in [0.2, 0.25) is 0 Å². The molecule has 5 heteroatoms. The van der Waals surface area contributed by atoms with Crippen molar-refractivity contribution in [1.82, 2.24) is 15.3 Å². The van der Waals surface area contributed by atoms with Crippen LogP contribution in [0.25, 0.3) is 10.2 Å². The minimum Gasteiger partial charge on any atom is -0.351 e. The third-order valence-electron chi connectivity index (χ3n) is 3.31. The van der Waals surface area contributed by atoms with Gasteiger partial charge in [-0.3, -0.25) is 0 Å². The molecule has 0 saturated carbocycles. The first-order valence-corrected chi connectivity index (χ1v) is 6.87. The summed E-state index contributed by atoms with van der Waals surface area (Å²) in [4.78, 5) is 11.2. The van der Waals surface area contributed by atoms with E-state index in [9.17, 15) is 0 Å². The van der Waals surface area contributed by atoms with Crippen molar-refractivity contribution in [2.45, 2.75) is 18.9 Å². The second-order valence-corrected chi connectivity index (χ2v) is 5.30. The number of nitrogens with zero attached hydrogens (tertiary/aromatic N) is 3.